The van der Waals surface area contributed by atoms with E-state index in [2.05, 4.69) is 15.2 Å². The smallest absolute Gasteiger partial charge is 0.335 e. The van der Waals surface area contributed by atoms with Gasteiger partial charge in [-0.3, -0.25) is 9.52 Å². The Morgan fingerprint density at radius 2 is 1.90 bits per heavy atom. The number of hydrogen-bond donors (Lipinski definition) is 3. The number of fused-ring (bicyclic) bond motifs is 1. The summed E-state index contributed by atoms with van der Waals surface area (Å²) in [4.78, 5) is 23.7. The first-order valence-electron chi connectivity index (χ1n) is 9.49. The van der Waals surface area contributed by atoms with Gasteiger partial charge in [0.15, 0.2) is 0 Å². The lowest BCUT2D eigenvalue weighted by Gasteiger charge is -2.14. The summed E-state index contributed by atoms with van der Waals surface area (Å²) in [6, 6.07) is 8.94. The molecule has 1 aliphatic carbocycles. The molecule has 1 aromatic heterocycles. The van der Waals surface area contributed by atoms with Crippen LogP contribution in [0.3, 0.4) is 0 Å². The van der Waals surface area contributed by atoms with Gasteiger partial charge in [-0.25, -0.2) is 13.2 Å². The van der Waals surface area contributed by atoms with Gasteiger partial charge in [-0.1, -0.05) is 11.2 Å². The molecule has 0 atom stereocenters. The highest BCUT2D eigenvalue weighted by atomic mass is 32.2. The Hall–Kier alpha value is -3.66. The number of aryl methyl sites for hydroxylation is 2. The van der Waals surface area contributed by atoms with Crippen molar-refractivity contribution in [3.63, 3.8) is 0 Å². The number of amides is 1. The zero-order valence-corrected chi connectivity index (χ0v) is 17.3. The molecule has 0 unspecified atom stereocenters. The molecule has 3 aromatic rings. The summed E-state index contributed by atoms with van der Waals surface area (Å²) in [7, 11) is -4.04. The van der Waals surface area contributed by atoms with Crippen LogP contribution in [0.4, 0.5) is 11.4 Å². The molecule has 9 nitrogen and oxygen atoms in total. The Balaban J connectivity index is 1.61. The zero-order chi connectivity index (χ0) is 22.2. The van der Waals surface area contributed by atoms with E-state index >= 15 is 0 Å². The SMILES string of the molecule is Cc1oncc1C(=O)Nc1cccc(NS(=O)(=O)c2cc(C(=O)O)cc3c2CCC3)c1. The first-order valence-corrected chi connectivity index (χ1v) is 11.0. The van der Waals surface area contributed by atoms with Gasteiger partial charge in [-0.15, -0.1) is 0 Å². The standard InChI is InChI=1S/C21H19N3O6S/c1-12-18(11-22-30-12)20(25)23-15-5-3-6-16(10-15)24-31(28,29)19-9-14(21(26)27)8-13-4-2-7-17(13)19/h3,5-6,8-11,24H,2,4,7H2,1H3,(H,23,25)(H,26,27). The van der Waals surface area contributed by atoms with Gasteiger partial charge in [0, 0.05) is 5.69 Å². The molecule has 0 bridgehead atoms. The molecular weight excluding hydrogens is 422 g/mol. The van der Waals surface area contributed by atoms with Crippen molar-refractivity contribution < 1.29 is 27.6 Å². The second-order valence-electron chi connectivity index (χ2n) is 7.21. The predicted molar refractivity (Wildman–Crippen MR) is 112 cm³/mol. The van der Waals surface area contributed by atoms with E-state index in [1.165, 1.54) is 24.4 Å². The molecule has 0 fully saturated rings. The van der Waals surface area contributed by atoms with E-state index in [9.17, 15) is 23.1 Å². The summed E-state index contributed by atoms with van der Waals surface area (Å²) < 4.78 is 33.5. The number of benzene rings is 2. The summed E-state index contributed by atoms with van der Waals surface area (Å²) in [5.41, 5.74) is 2.19. The van der Waals surface area contributed by atoms with E-state index in [-0.39, 0.29) is 21.7 Å². The van der Waals surface area contributed by atoms with Gasteiger partial charge in [0.2, 0.25) is 0 Å². The molecule has 2 aromatic carbocycles. The van der Waals surface area contributed by atoms with Crippen LogP contribution in [0.1, 0.15) is 44.0 Å². The molecule has 31 heavy (non-hydrogen) atoms. The van der Waals surface area contributed by atoms with Crippen molar-refractivity contribution in [3.8, 4) is 0 Å². The zero-order valence-electron chi connectivity index (χ0n) is 16.5. The number of carbonyl (C=O) groups is 2. The summed E-state index contributed by atoms with van der Waals surface area (Å²) in [6.45, 7) is 1.61. The van der Waals surface area contributed by atoms with Crippen LogP contribution >= 0.6 is 0 Å². The van der Waals surface area contributed by atoms with Gasteiger partial charge in [0.25, 0.3) is 15.9 Å². The Labute approximate surface area is 178 Å². The maximum atomic E-state index is 13.1. The van der Waals surface area contributed by atoms with Gasteiger partial charge in [0.1, 0.15) is 11.3 Å². The molecule has 3 N–H and O–H groups in total. The summed E-state index contributed by atoms with van der Waals surface area (Å²) >= 11 is 0. The number of carboxylic acids is 1. The molecule has 10 heteroatoms. The Morgan fingerprint density at radius 1 is 1.13 bits per heavy atom. The van der Waals surface area contributed by atoms with Crippen LogP contribution in [0, 0.1) is 6.92 Å². The number of nitrogens with one attached hydrogen (secondary N) is 2. The highest BCUT2D eigenvalue weighted by Crippen LogP contribution is 2.31. The normalized spacial score (nSPS) is 12.9. The van der Waals surface area contributed by atoms with Crippen LogP contribution in [0.2, 0.25) is 0 Å². The van der Waals surface area contributed by atoms with E-state index in [0.29, 0.717) is 29.9 Å². The number of anilines is 2. The fourth-order valence-electron chi connectivity index (χ4n) is 3.61. The number of hydrogen-bond acceptors (Lipinski definition) is 6. The molecule has 160 valence electrons. The maximum Gasteiger partial charge on any atom is 0.335 e. The van der Waals surface area contributed by atoms with Crippen LogP contribution < -0.4 is 10.0 Å². The predicted octanol–water partition coefficient (Wildman–Crippen LogP) is 3.22. The van der Waals surface area contributed by atoms with Gasteiger partial charge >= 0.3 is 5.97 Å². The molecule has 1 amide bonds. The molecule has 0 saturated carbocycles. The minimum absolute atomic E-state index is 0.0329. The van der Waals surface area contributed by atoms with Crippen LogP contribution in [0.5, 0.6) is 0 Å². The molecule has 0 spiro atoms. The summed E-state index contributed by atoms with van der Waals surface area (Å²) in [6.07, 6.45) is 3.28. The van der Waals surface area contributed by atoms with E-state index in [4.69, 9.17) is 4.52 Å². The quantitative estimate of drug-likeness (QED) is 0.534. The second-order valence-corrected chi connectivity index (χ2v) is 8.86. The van der Waals surface area contributed by atoms with Crippen LogP contribution in [0.15, 0.2) is 52.0 Å². The monoisotopic (exact) mass is 441 g/mol. The first-order chi connectivity index (χ1) is 14.7. The highest BCUT2D eigenvalue weighted by molar-refractivity contribution is 7.92. The average Bonchev–Trinajstić information content (AvgIpc) is 3.35. The number of aromatic carboxylic acids is 1. The molecule has 1 aliphatic rings. The number of aromatic nitrogens is 1. The largest absolute Gasteiger partial charge is 0.478 e. The minimum Gasteiger partial charge on any atom is -0.478 e. The lowest BCUT2D eigenvalue weighted by atomic mass is 10.1. The van der Waals surface area contributed by atoms with Crippen LogP contribution in [-0.4, -0.2) is 30.6 Å². The molecule has 0 saturated heterocycles. The third-order valence-corrected chi connectivity index (χ3v) is 6.53. The fourth-order valence-corrected chi connectivity index (χ4v) is 5.00. The minimum atomic E-state index is -4.04. The number of carbonyl (C=O) groups excluding carboxylic acids is 1. The van der Waals surface area contributed by atoms with Gasteiger partial charge in [-0.05, 0) is 67.6 Å². The van der Waals surface area contributed by atoms with E-state index in [1.54, 1.807) is 25.1 Å². The van der Waals surface area contributed by atoms with E-state index in [1.807, 2.05) is 0 Å². The molecule has 4 rings (SSSR count). The average molecular weight is 441 g/mol. The number of sulfonamides is 1. The van der Waals surface area contributed by atoms with Gasteiger partial charge < -0.3 is 14.9 Å². The maximum absolute atomic E-state index is 13.1. The van der Waals surface area contributed by atoms with Gasteiger partial charge in [0.05, 0.1) is 22.3 Å². The van der Waals surface area contributed by atoms with Crippen molar-refractivity contribution in [1.82, 2.24) is 5.16 Å². The highest BCUT2D eigenvalue weighted by Gasteiger charge is 2.26. The lowest BCUT2D eigenvalue weighted by Crippen LogP contribution is -2.17. The fraction of sp³-hybridized carbons (Fsp3) is 0.190. The molecule has 0 radical (unpaired) electrons. The van der Waals surface area contributed by atoms with Gasteiger partial charge in [-0.2, -0.15) is 0 Å². The number of nitrogens with zero attached hydrogens (tertiary/aromatic N) is 1. The Morgan fingerprint density at radius 3 is 2.61 bits per heavy atom. The Bertz CT molecular complexity index is 1300. The van der Waals surface area contributed by atoms with Crippen molar-refractivity contribution in [2.45, 2.75) is 31.1 Å². The third kappa shape index (κ3) is 4.15. The number of carboxylic acid groups (broad SMARTS) is 1. The lowest BCUT2D eigenvalue weighted by molar-refractivity contribution is 0.0696. The summed E-state index contributed by atoms with van der Waals surface area (Å²) in [5.74, 6) is -1.26. The topological polar surface area (TPSA) is 139 Å². The van der Waals surface area contributed by atoms with Crippen LogP contribution in [-0.2, 0) is 22.9 Å². The molecule has 1 heterocycles. The third-order valence-electron chi connectivity index (χ3n) is 5.08. The molecular formula is C21H19N3O6S. The molecule has 0 aliphatic heterocycles. The van der Waals surface area contributed by atoms with Crippen molar-refractivity contribution in [3.05, 3.63) is 70.6 Å². The number of rotatable bonds is 6. The second kappa shape index (κ2) is 7.88. The van der Waals surface area contributed by atoms with Crippen molar-refractivity contribution in [2.75, 3.05) is 10.0 Å². The summed E-state index contributed by atoms with van der Waals surface area (Å²) in [5, 5.41) is 15.6. The van der Waals surface area contributed by atoms with Crippen LogP contribution in [0.25, 0.3) is 0 Å². The Kier molecular flexibility index (Phi) is 5.24. The first kappa shape index (κ1) is 20.6. The van der Waals surface area contributed by atoms with E-state index in [0.717, 1.165) is 12.0 Å². The van der Waals surface area contributed by atoms with E-state index < -0.39 is 21.9 Å². The van der Waals surface area contributed by atoms with Crippen molar-refractivity contribution >= 4 is 33.3 Å². The van der Waals surface area contributed by atoms with Crippen molar-refractivity contribution in [1.29, 1.82) is 0 Å². The van der Waals surface area contributed by atoms with Crippen molar-refractivity contribution in [2.24, 2.45) is 0 Å².